The first-order chi connectivity index (χ1) is 4.27. The van der Waals surface area contributed by atoms with Gasteiger partial charge in [-0.1, -0.05) is 0 Å². The van der Waals surface area contributed by atoms with Crippen molar-refractivity contribution in [1.29, 1.82) is 0 Å². The van der Waals surface area contributed by atoms with Crippen molar-refractivity contribution in [3.63, 3.8) is 0 Å². The van der Waals surface area contributed by atoms with E-state index in [1.54, 1.807) is 7.11 Å². The van der Waals surface area contributed by atoms with Gasteiger partial charge in [-0.25, -0.2) is 9.90 Å². The van der Waals surface area contributed by atoms with Crippen molar-refractivity contribution in [2.45, 2.75) is 6.42 Å². The van der Waals surface area contributed by atoms with Gasteiger partial charge in [-0.3, -0.25) is 0 Å². The predicted octanol–water partition coefficient (Wildman–Crippen LogP) is 0.163. The third-order valence-electron chi connectivity index (χ3n) is 0.795. The van der Waals surface area contributed by atoms with Gasteiger partial charge in [0.2, 0.25) is 0 Å². The van der Waals surface area contributed by atoms with Crippen molar-refractivity contribution in [3.8, 4) is 0 Å². The molecule has 0 aromatic carbocycles. The molecule has 0 aliphatic carbocycles. The molecule has 4 nitrogen and oxygen atoms in total. The number of amides is 1. The summed E-state index contributed by atoms with van der Waals surface area (Å²) in [6.45, 7) is 0.969. The Morgan fingerprint density at radius 3 is 2.78 bits per heavy atom. The zero-order chi connectivity index (χ0) is 7.11. The highest BCUT2D eigenvalue weighted by molar-refractivity contribution is 5.63. The van der Waals surface area contributed by atoms with Gasteiger partial charge in [-0.05, 0) is 6.42 Å². The second-order valence-corrected chi connectivity index (χ2v) is 1.56. The minimum Gasteiger partial charge on any atom is -0.385 e. The summed E-state index contributed by atoms with van der Waals surface area (Å²) in [5, 5.41) is 11.8. The van der Waals surface area contributed by atoms with Gasteiger partial charge in [0.15, 0.2) is 0 Å². The van der Waals surface area contributed by atoms with Crippen LogP contribution in [0.4, 0.5) is 4.79 Å². The minimum absolute atomic E-state index is 0.399. The SMILES string of the molecule is COCCCNC([O])=O. The van der Waals surface area contributed by atoms with E-state index in [0.717, 1.165) is 0 Å². The van der Waals surface area contributed by atoms with Gasteiger partial charge >= 0.3 is 6.09 Å². The van der Waals surface area contributed by atoms with Crippen molar-refractivity contribution >= 4 is 6.09 Å². The molecule has 0 aromatic heterocycles. The van der Waals surface area contributed by atoms with E-state index in [9.17, 15) is 9.90 Å². The lowest BCUT2D eigenvalue weighted by molar-refractivity contribution is 0.164. The van der Waals surface area contributed by atoms with Crippen LogP contribution in [0.2, 0.25) is 0 Å². The lowest BCUT2D eigenvalue weighted by atomic mass is 10.4. The van der Waals surface area contributed by atoms with Crippen molar-refractivity contribution in [2.75, 3.05) is 20.3 Å². The van der Waals surface area contributed by atoms with E-state index in [1.807, 2.05) is 0 Å². The van der Waals surface area contributed by atoms with E-state index in [1.165, 1.54) is 0 Å². The average molecular weight is 132 g/mol. The Morgan fingerprint density at radius 2 is 2.33 bits per heavy atom. The molecule has 4 heteroatoms. The number of nitrogens with one attached hydrogen (secondary N) is 1. The molecule has 0 fully saturated rings. The quantitative estimate of drug-likeness (QED) is 0.554. The maximum atomic E-state index is 9.70. The number of hydrogen-bond donors (Lipinski definition) is 1. The van der Waals surface area contributed by atoms with Crippen LogP contribution in [0.25, 0.3) is 0 Å². The van der Waals surface area contributed by atoms with Crippen LogP contribution in [0.15, 0.2) is 0 Å². The number of methoxy groups -OCH3 is 1. The third kappa shape index (κ3) is 7.23. The summed E-state index contributed by atoms with van der Waals surface area (Å²) in [5.41, 5.74) is 0. The lowest BCUT2D eigenvalue weighted by Crippen LogP contribution is -2.21. The Labute approximate surface area is 53.8 Å². The molecule has 0 saturated heterocycles. The van der Waals surface area contributed by atoms with Crippen LogP contribution in [-0.2, 0) is 9.84 Å². The van der Waals surface area contributed by atoms with Crippen molar-refractivity contribution in [1.82, 2.24) is 5.32 Å². The number of ether oxygens (including phenoxy) is 1. The van der Waals surface area contributed by atoms with Gasteiger partial charge in [0, 0.05) is 20.3 Å². The van der Waals surface area contributed by atoms with Crippen molar-refractivity contribution in [3.05, 3.63) is 0 Å². The molecule has 1 N–H and O–H groups in total. The van der Waals surface area contributed by atoms with E-state index in [2.05, 4.69) is 10.1 Å². The molecule has 0 aromatic rings. The molecule has 0 aliphatic rings. The van der Waals surface area contributed by atoms with E-state index in [0.29, 0.717) is 19.6 Å². The van der Waals surface area contributed by atoms with E-state index < -0.39 is 6.09 Å². The molecular formula is C5H10NO3. The molecule has 0 unspecified atom stereocenters. The van der Waals surface area contributed by atoms with Crippen LogP contribution in [0.5, 0.6) is 0 Å². The largest absolute Gasteiger partial charge is 0.450 e. The molecule has 0 atom stereocenters. The van der Waals surface area contributed by atoms with Crippen LogP contribution in [0.3, 0.4) is 0 Å². The van der Waals surface area contributed by atoms with Gasteiger partial charge in [-0.15, -0.1) is 0 Å². The summed E-state index contributed by atoms with van der Waals surface area (Å²) in [6.07, 6.45) is -0.545. The molecule has 0 aliphatic heterocycles. The van der Waals surface area contributed by atoms with Crippen LogP contribution in [0, 0.1) is 0 Å². The zero-order valence-electron chi connectivity index (χ0n) is 5.35. The Kier molecular flexibility index (Phi) is 4.91. The Balaban J connectivity index is 2.83. The Bertz CT molecular complexity index is 84.3. The van der Waals surface area contributed by atoms with Gasteiger partial charge in [-0.2, -0.15) is 0 Å². The summed E-state index contributed by atoms with van der Waals surface area (Å²) in [5.74, 6) is 0. The molecule has 1 radical (unpaired) electrons. The number of carbonyl (C=O) groups is 1. The monoisotopic (exact) mass is 132 g/mol. The first kappa shape index (κ1) is 8.23. The smallest absolute Gasteiger partial charge is 0.385 e. The van der Waals surface area contributed by atoms with Crippen LogP contribution in [0.1, 0.15) is 6.42 Å². The highest BCUT2D eigenvalue weighted by atomic mass is 16.5. The summed E-state index contributed by atoms with van der Waals surface area (Å²) in [7, 11) is 1.57. The molecule has 0 bridgehead atoms. The standard InChI is InChI=1S/C5H10NO3/c1-9-4-2-3-6-5(7)8/h6H,2-4H2,1H3. The Hall–Kier alpha value is -0.770. The highest BCUT2D eigenvalue weighted by Gasteiger charge is 1.93. The number of rotatable bonds is 4. The normalized spacial score (nSPS) is 9.00. The first-order valence-corrected chi connectivity index (χ1v) is 2.71. The first-order valence-electron chi connectivity index (χ1n) is 2.71. The Morgan fingerprint density at radius 1 is 1.67 bits per heavy atom. The van der Waals surface area contributed by atoms with E-state index in [-0.39, 0.29) is 0 Å². The summed E-state index contributed by atoms with van der Waals surface area (Å²) in [6, 6.07) is 0. The minimum atomic E-state index is -1.23. The van der Waals surface area contributed by atoms with Crippen LogP contribution >= 0.6 is 0 Å². The van der Waals surface area contributed by atoms with Crippen LogP contribution < -0.4 is 5.32 Å². The predicted molar refractivity (Wildman–Crippen MR) is 30.6 cm³/mol. The lowest BCUT2D eigenvalue weighted by Gasteiger charge is -1.96. The van der Waals surface area contributed by atoms with Crippen LogP contribution in [-0.4, -0.2) is 26.4 Å². The van der Waals surface area contributed by atoms with Gasteiger partial charge in [0.1, 0.15) is 0 Å². The van der Waals surface area contributed by atoms with Crippen molar-refractivity contribution in [2.24, 2.45) is 0 Å². The van der Waals surface area contributed by atoms with Gasteiger partial charge in [0.25, 0.3) is 0 Å². The zero-order valence-corrected chi connectivity index (χ0v) is 5.35. The van der Waals surface area contributed by atoms with E-state index in [4.69, 9.17) is 0 Å². The molecule has 9 heavy (non-hydrogen) atoms. The molecule has 0 rings (SSSR count). The second-order valence-electron chi connectivity index (χ2n) is 1.56. The maximum absolute atomic E-state index is 9.70. The summed E-state index contributed by atoms with van der Waals surface area (Å²) in [4.78, 5) is 9.70. The maximum Gasteiger partial charge on any atom is 0.450 e. The number of hydrogen-bond acceptors (Lipinski definition) is 2. The average Bonchev–Trinajstić information content (AvgIpc) is 1.80. The molecular weight excluding hydrogens is 122 g/mol. The van der Waals surface area contributed by atoms with Crippen molar-refractivity contribution < 1.29 is 14.6 Å². The highest BCUT2D eigenvalue weighted by Crippen LogP contribution is 1.75. The molecule has 0 spiro atoms. The second kappa shape index (κ2) is 5.37. The third-order valence-corrected chi connectivity index (χ3v) is 0.795. The fraction of sp³-hybridized carbons (Fsp3) is 0.800. The molecule has 53 valence electrons. The topological polar surface area (TPSA) is 58.2 Å². The van der Waals surface area contributed by atoms with Gasteiger partial charge in [0.05, 0.1) is 0 Å². The fourth-order valence-corrected chi connectivity index (χ4v) is 0.407. The van der Waals surface area contributed by atoms with E-state index >= 15 is 0 Å². The summed E-state index contributed by atoms with van der Waals surface area (Å²) < 4.78 is 4.67. The van der Waals surface area contributed by atoms with Gasteiger partial charge < -0.3 is 10.1 Å². The number of carbonyl (C=O) groups excluding carboxylic acids is 1. The molecule has 0 heterocycles. The summed E-state index contributed by atoms with van der Waals surface area (Å²) >= 11 is 0. The fourth-order valence-electron chi connectivity index (χ4n) is 0.407. The molecule has 1 amide bonds. The molecule has 0 saturated carbocycles.